The van der Waals surface area contributed by atoms with E-state index in [2.05, 4.69) is 4.83 Å². The van der Waals surface area contributed by atoms with Crippen molar-refractivity contribution < 1.29 is 27.5 Å². The zero-order valence-corrected chi connectivity index (χ0v) is 23.4. The molecule has 2 aromatic rings. The number of aryl methyl sites for hydroxylation is 1. The fraction of sp³-hybridized carbons (Fsp3) is 0.308. The van der Waals surface area contributed by atoms with Gasteiger partial charge in [0.2, 0.25) is 0 Å². The minimum Gasteiger partial charge on any atom is -0.463 e. The zero-order chi connectivity index (χ0) is 27.5. The van der Waals surface area contributed by atoms with Gasteiger partial charge in [0.15, 0.2) is 0 Å². The number of sulfonamides is 1. The highest BCUT2D eigenvalue weighted by atomic mass is 35.5. The summed E-state index contributed by atoms with van der Waals surface area (Å²) >= 11 is 12.8. The van der Waals surface area contributed by atoms with Crippen LogP contribution in [0.3, 0.4) is 0 Å². The first-order valence-corrected chi connectivity index (χ1v) is 13.8. The quantitative estimate of drug-likeness (QED) is 0.434. The van der Waals surface area contributed by atoms with Gasteiger partial charge in [-0.05, 0) is 58.4 Å². The Morgan fingerprint density at radius 3 is 1.89 bits per heavy atom. The third-order valence-electron chi connectivity index (χ3n) is 5.85. The number of hydrogen-bond acceptors (Lipinski definition) is 7. The predicted octanol–water partition coefficient (Wildman–Crippen LogP) is 5.27. The maximum atomic E-state index is 13.3. The number of esters is 2. The molecule has 0 bridgehead atoms. The van der Waals surface area contributed by atoms with Crippen LogP contribution in [0.5, 0.6) is 0 Å². The number of carbonyl (C=O) groups excluding carboxylic acids is 2. The molecular formula is C26H28Cl2N2O6S. The molecule has 11 heteroatoms. The van der Waals surface area contributed by atoms with E-state index < -0.39 is 27.9 Å². The lowest BCUT2D eigenvalue weighted by atomic mass is 9.80. The summed E-state index contributed by atoms with van der Waals surface area (Å²) < 4.78 is 37.2. The van der Waals surface area contributed by atoms with E-state index in [0.29, 0.717) is 5.56 Å². The minimum absolute atomic E-state index is 0.00841. The van der Waals surface area contributed by atoms with Crippen LogP contribution < -0.4 is 4.83 Å². The van der Waals surface area contributed by atoms with Crippen molar-refractivity contribution in [3.05, 3.63) is 86.2 Å². The molecule has 0 spiro atoms. The fourth-order valence-electron chi connectivity index (χ4n) is 4.09. The van der Waals surface area contributed by atoms with E-state index in [-0.39, 0.29) is 50.7 Å². The summed E-state index contributed by atoms with van der Waals surface area (Å²) in [6, 6.07) is 11.1. The maximum Gasteiger partial charge on any atom is 0.336 e. The first kappa shape index (κ1) is 28.7. The monoisotopic (exact) mass is 566 g/mol. The van der Waals surface area contributed by atoms with E-state index >= 15 is 0 Å². The Balaban J connectivity index is 2.29. The van der Waals surface area contributed by atoms with Crippen LogP contribution in [0.4, 0.5) is 0 Å². The molecule has 0 aromatic heterocycles. The van der Waals surface area contributed by atoms with Gasteiger partial charge in [-0.2, -0.15) is 0 Å². The standard InChI is InChI=1S/C26H28Cl2N2O6S/c1-6-35-25(31)21-16(4)30(29-37(33,34)18-13-11-15(3)12-14-18)17(5)22(26(32)36-7-2)23(21)19-9-8-10-20(27)24(19)28/h8-14,23,29H,6-7H2,1-5H3. The molecule has 0 saturated carbocycles. The Bertz CT molecular complexity index is 1340. The van der Waals surface area contributed by atoms with Crippen LogP contribution in [0, 0.1) is 6.92 Å². The van der Waals surface area contributed by atoms with Gasteiger partial charge in [0.1, 0.15) is 0 Å². The summed E-state index contributed by atoms with van der Waals surface area (Å²) in [4.78, 5) is 29.1. The SMILES string of the molecule is CCOC(=O)C1=C(C)N(NS(=O)(=O)c2ccc(C)cc2)C(C)=C(C(=O)OCC)C1c1cccc(Cl)c1Cl. The van der Waals surface area contributed by atoms with Crippen molar-refractivity contribution in [3.63, 3.8) is 0 Å². The average Bonchev–Trinajstić information content (AvgIpc) is 2.83. The number of rotatable bonds is 8. The number of nitrogens with one attached hydrogen (secondary N) is 1. The van der Waals surface area contributed by atoms with Gasteiger partial charge in [-0.1, -0.05) is 53.0 Å². The Labute approximate surface area is 226 Å². The third-order valence-corrected chi connectivity index (χ3v) is 8.00. The lowest BCUT2D eigenvalue weighted by molar-refractivity contribution is -0.139. The van der Waals surface area contributed by atoms with E-state index in [1.165, 1.54) is 17.1 Å². The second-order valence-corrected chi connectivity index (χ2v) is 10.7. The molecule has 1 N–H and O–H groups in total. The van der Waals surface area contributed by atoms with Crippen LogP contribution >= 0.6 is 23.2 Å². The van der Waals surface area contributed by atoms with Gasteiger partial charge in [-0.3, -0.25) is 5.01 Å². The number of allylic oxidation sites excluding steroid dienone is 2. The van der Waals surface area contributed by atoms with Gasteiger partial charge in [-0.15, -0.1) is 4.83 Å². The molecule has 0 fully saturated rings. The highest BCUT2D eigenvalue weighted by Gasteiger charge is 2.42. The van der Waals surface area contributed by atoms with Gasteiger partial charge in [0.05, 0.1) is 45.2 Å². The number of hydrogen-bond donors (Lipinski definition) is 1. The van der Waals surface area contributed by atoms with Crippen molar-refractivity contribution in [2.24, 2.45) is 0 Å². The normalized spacial score (nSPS) is 14.7. The summed E-state index contributed by atoms with van der Waals surface area (Å²) in [5.74, 6) is -2.51. The van der Waals surface area contributed by atoms with Crippen molar-refractivity contribution >= 4 is 45.2 Å². The first-order chi connectivity index (χ1) is 17.4. The van der Waals surface area contributed by atoms with Gasteiger partial charge in [0.25, 0.3) is 10.0 Å². The van der Waals surface area contributed by atoms with Gasteiger partial charge in [-0.25, -0.2) is 18.0 Å². The highest BCUT2D eigenvalue weighted by Crippen LogP contribution is 2.45. The molecule has 0 aliphatic carbocycles. The van der Waals surface area contributed by atoms with Crippen molar-refractivity contribution in [2.75, 3.05) is 13.2 Å². The van der Waals surface area contributed by atoms with Crippen LogP contribution in [0.15, 0.2) is 69.9 Å². The number of carbonyl (C=O) groups is 2. The fourth-order valence-corrected chi connectivity index (χ4v) is 5.62. The molecule has 0 atom stereocenters. The zero-order valence-electron chi connectivity index (χ0n) is 21.1. The topological polar surface area (TPSA) is 102 Å². The minimum atomic E-state index is -4.11. The molecule has 37 heavy (non-hydrogen) atoms. The number of nitrogens with zero attached hydrogens (tertiary/aromatic N) is 1. The number of halogens is 2. The first-order valence-electron chi connectivity index (χ1n) is 11.5. The molecule has 0 saturated heterocycles. The van der Waals surface area contributed by atoms with Gasteiger partial charge < -0.3 is 9.47 Å². The second-order valence-electron chi connectivity index (χ2n) is 8.26. The Kier molecular flexibility index (Phi) is 9.07. The Morgan fingerprint density at radius 2 is 1.41 bits per heavy atom. The molecule has 1 aliphatic rings. The number of ether oxygens (including phenoxy) is 2. The van der Waals surface area contributed by atoms with Gasteiger partial charge >= 0.3 is 11.9 Å². The van der Waals surface area contributed by atoms with Crippen LogP contribution in [-0.2, 0) is 29.1 Å². The molecule has 0 amide bonds. The summed E-state index contributed by atoms with van der Waals surface area (Å²) in [6.45, 7) is 8.34. The molecule has 1 aliphatic heterocycles. The lowest BCUT2D eigenvalue weighted by Crippen LogP contribution is -2.45. The third kappa shape index (κ3) is 5.85. The van der Waals surface area contributed by atoms with Crippen molar-refractivity contribution in [2.45, 2.75) is 45.4 Å². The molecule has 198 valence electrons. The van der Waals surface area contributed by atoms with E-state index in [0.717, 1.165) is 5.56 Å². The molecule has 1 heterocycles. The molecule has 2 aromatic carbocycles. The second kappa shape index (κ2) is 11.7. The molecule has 8 nitrogen and oxygen atoms in total. The summed E-state index contributed by atoms with van der Waals surface area (Å²) in [6.07, 6.45) is 0. The van der Waals surface area contributed by atoms with E-state index in [4.69, 9.17) is 32.7 Å². The van der Waals surface area contributed by atoms with E-state index in [1.54, 1.807) is 58.0 Å². The van der Waals surface area contributed by atoms with Crippen LogP contribution in [0.2, 0.25) is 10.0 Å². The van der Waals surface area contributed by atoms with Crippen molar-refractivity contribution in [3.8, 4) is 0 Å². The number of benzene rings is 2. The predicted molar refractivity (Wildman–Crippen MR) is 141 cm³/mol. The van der Waals surface area contributed by atoms with Crippen LogP contribution in [0.25, 0.3) is 0 Å². The smallest absolute Gasteiger partial charge is 0.336 e. The number of hydrazine groups is 1. The highest BCUT2D eigenvalue weighted by molar-refractivity contribution is 7.89. The van der Waals surface area contributed by atoms with Crippen molar-refractivity contribution in [1.82, 2.24) is 9.84 Å². The van der Waals surface area contributed by atoms with Gasteiger partial charge in [0, 0.05) is 11.4 Å². The average molecular weight is 567 g/mol. The van der Waals surface area contributed by atoms with E-state index in [9.17, 15) is 18.0 Å². The largest absolute Gasteiger partial charge is 0.463 e. The van der Waals surface area contributed by atoms with Crippen molar-refractivity contribution in [1.29, 1.82) is 0 Å². The Morgan fingerprint density at radius 1 is 0.892 bits per heavy atom. The lowest BCUT2D eigenvalue weighted by Gasteiger charge is -2.37. The summed E-state index contributed by atoms with van der Waals surface area (Å²) in [7, 11) is -4.11. The molecule has 0 unspecified atom stereocenters. The summed E-state index contributed by atoms with van der Waals surface area (Å²) in [5.41, 5.74) is 1.72. The molecule has 0 radical (unpaired) electrons. The van der Waals surface area contributed by atoms with Crippen LogP contribution in [-0.4, -0.2) is 38.6 Å². The van der Waals surface area contributed by atoms with Crippen LogP contribution in [0.1, 0.15) is 44.7 Å². The molecular weight excluding hydrogens is 539 g/mol. The maximum absolute atomic E-state index is 13.3. The molecule has 3 rings (SSSR count). The van der Waals surface area contributed by atoms with E-state index in [1.807, 2.05) is 6.92 Å². The summed E-state index contributed by atoms with van der Waals surface area (Å²) in [5, 5.41) is 1.55. The Hall–Kier alpha value is -2.85.